The fraction of sp³-hybridized carbons (Fsp3) is 0.333. The van der Waals surface area contributed by atoms with Crippen molar-refractivity contribution in [2.75, 3.05) is 102 Å². The summed E-state index contributed by atoms with van der Waals surface area (Å²) in [6.07, 6.45) is 0. The minimum Gasteiger partial charge on any atom is -0.462 e. The second kappa shape index (κ2) is 16.7. The normalized spacial score (nSPS) is 16.5. The van der Waals surface area contributed by atoms with E-state index >= 15 is 0 Å². The monoisotopic (exact) mass is 872 g/mol. The van der Waals surface area contributed by atoms with Gasteiger partial charge in [0.15, 0.2) is 11.3 Å². The van der Waals surface area contributed by atoms with Crippen molar-refractivity contribution in [3.8, 4) is 0 Å². The zero-order valence-corrected chi connectivity index (χ0v) is 36.0. The number of pyridine rings is 4. The lowest BCUT2D eigenvalue weighted by molar-refractivity contribution is 0.0526. The summed E-state index contributed by atoms with van der Waals surface area (Å²) in [5, 5.41) is 0.886. The molecule has 0 saturated carbocycles. The van der Waals surface area contributed by atoms with Gasteiger partial charge in [-0.05, 0) is 62.5 Å². The van der Waals surface area contributed by atoms with E-state index < -0.39 is 5.97 Å². The molecule has 0 atom stereocenters. The van der Waals surface area contributed by atoms with Crippen LogP contribution in [0.3, 0.4) is 0 Å². The van der Waals surface area contributed by atoms with Gasteiger partial charge in [0, 0.05) is 52.4 Å². The van der Waals surface area contributed by atoms with E-state index in [1.807, 2.05) is 80.4 Å². The summed E-state index contributed by atoms with van der Waals surface area (Å²) in [7, 11) is 2.05. The number of nitrogens with zero attached hydrogens (tertiary/aromatic N) is 8. The first-order valence-corrected chi connectivity index (χ1v) is 22.5. The van der Waals surface area contributed by atoms with Crippen molar-refractivity contribution in [1.29, 1.82) is 0 Å². The molecule has 0 radical (unpaired) electrons. The summed E-state index contributed by atoms with van der Waals surface area (Å²) in [5.74, 6) is 0.845. The number of fused-ring (bicyclic) bond motifs is 10. The third-order valence-corrected chi connectivity index (χ3v) is 14.0. The van der Waals surface area contributed by atoms with E-state index in [2.05, 4.69) is 21.7 Å². The summed E-state index contributed by atoms with van der Waals surface area (Å²) in [4.78, 5) is 72.6. The second-order valence-electron chi connectivity index (χ2n) is 15.4. The summed E-state index contributed by atoms with van der Waals surface area (Å²) in [6, 6.07) is 23.2. The zero-order chi connectivity index (χ0) is 42.5. The molecule has 0 spiro atoms. The van der Waals surface area contributed by atoms with Crippen LogP contribution in [0.2, 0.25) is 0 Å². The van der Waals surface area contributed by atoms with Crippen LogP contribution in [-0.2, 0) is 14.2 Å². The number of piperazine rings is 1. The Kier molecular flexibility index (Phi) is 10.8. The number of anilines is 2. The highest BCUT2D eigenvalue weighted by Crippen LogP contribution is 2.34. The van der Waals surface area contributed by atoms with Crippen LogP contribution in [0.5, 0.6) is 0 Å². The summed E-state index contributed by atoms with van der Waals surface area (Å²) >= 11 is 2.88. The highest BCUT2D eigenvalue weighted by Gasteiger charge is 2.29. The Labute approximate surface area is 362 Å². The predicted octanol–water partition coefficient (Wildman–Crippen LogP) is 5.36. The van der Waals surface area contributed by atoms with Gasteiger partial charge in [0.05, 0.1) is 64.2 Å². The molecule has 318 valence electrons. The number of hydrogen-bond donors (Lipinski definition) is 0. The number of likely N-dealkylation sites (N-methyl/N-ethyl adjacent to an activating group) is 1. The maximum absolute atomic E-state index is 13.7. The van der Waals surface area contributed by atoms with E-state index in [1.54, 1.807) is 13.0 Å². The number of aromatic nitrogens is 4. The lowest BCUT2D eigenvalue weighted by Gasteiger charge is -2.32. The SMILES string of the molecule is CCOC(=O)c1c(=O)c2ccc(N3CCOCC3)nc2n2c1sc1ccccc12.CN1CCN(C(=O)c2c(=O)c3ccc(N4CCOCC4)nc3n3c2sc2ccccc23)CC1. The van der Waals surface area contributed by atoms with Crippen molar-refractivity contribution < 1.29 is 23.8 Å². The third kappa shape index (κ3) is 7.03. The molecule has 1 amide bonds. The molecule has 11 rings (SSSR count). The quantitative estimate of drug-likeness (QED) is 0.206. The highest BCUT2D eigenvalue weighted by molar-refractivity contribution is 7.24. The summed E-state index contributed by atoms with van der Waals surface area (Å²) < 4.78 is 22.0. The Morgan fingerprint density at radius 2 is 1.10 bits per heavy atom. The first kappa shape index (κ1) is 40.1. The number of esters is 1. The van der Waals surface area contributed by atoms with E-state index in [-0.39, 0.29) is 34.5 Å². The standard InChI is InChI=1S/C24H25N5O3S.C21H19N3O4S/c1-26-8-10-28(11-9-26)23(31)20-21(30)16-6-7-19(27-12-14-32-15-13-27)25-22(16)29-17-4-2-3-5-18(17)33-24(20)29;1-2-28-21(26)17-18(25)13-7-8-16(23-9-11-27-12-10-23)22-19(13)24-14-5-3-4-6-15(14)29-20(17)24/h2-7H,8-15H2,1H3;3-8H,2,9-12H2,1H3. The molecule has 0 unspecified atom stereocenters. The number of rotatable bonds is 5. The third-order valence-electron chi connectivity index (χ3n) is 11.7. The molecule has 3 saturated heterocycles. The average Bonchev–Trinajstić information content (AvgIpc) is 3.89. The van der Waals surface area contributed by atoms with Crippen LogP contribution in [-0.4, -0.2) is 133 Å². The van der Waals surface area contributed by atoms with Crippen molar-refractivity contribution in [2.24, 2.45) is 0 Å². The number of hydrogen-bond acceptors (Lipinski definition) is 14. The molecule has 2 aromatic carbocycles. The molecule has 17 heteroatoms. The Bertz CT molecular complexity index is 3160. The van der Waals surface area contributed by atoms with E-state index in [0.29, 0.717) is 71.2 Å². The van der Waals surface area contributed by atoms with Gasteiger partial charge in [0.1, 0.15) is 32.4 Å². The summed E-state index contributed by atoms with van der Waals surface area (Å²) in [5.41, 5.74) is 2.78. The van der Waals surface area contributed by atoms with Gasteiger partial charge in [-0.1, -0.05) is 24.3 Å². The fourth-order valence-electron chi connectivity index (χ4n) is 8.43. The van der Waals surface area contributed by atoms with Crippen molar-refractivity contribution in [3.63, 3.8) is 0 Å². The molecule has 62 heavy (non-hydrogen) atoms. The van der Waals surface area contributed by atoms with E-state index in [0.717, 1.165) is 71.3 Å². The lowest BCUT2D eigenvalue weighted by Crippen LogP contribution is -2.48. The van der Waals surface area contributed by atoms with Gasteiger partial charge in [-0.15, -0.1) is 22.7 Å². The molecule has 6 aromatic heterocycles. The molecule has 3 aliphatic heterocycles. The van der Waals surface area contributed by atoms with Crippen LogP contribution in [0.25, 0.3) is 52.2 Å². The Hall–Kier alpha value is -5.98. The van der Waals surface area contributed by atoms with Crippen LogP contribution >= 0.6 is 22.7 Å². The molecule has 0 N–H and O–H groups in total. The van der Waals surface area contributed by atoms with Gasteiger partial charge >= 0.3 is 5.97 Å². The van der Waals surface area contributed by atoms with Gasteiger partial charge in [-0.25, -0.2) is 14.8 Å². The average molecular weight is 873 g/mol. The number of ether oxygens (including phenoxy) is 3. The number of thiazole rings is 2. The predicted molar refractivity (Wildman–Crippen MR) is 244 cm³/mol. The molecular weight excluding hydrogens is 829 g/mol. The van der Waals surface area contributed by atoms with Crippen LogP contribution in [0.1, 0.15) is 27.6 Å². The van der Waals surface area contributed by atoms with E-state index in [1.165, 1.54) is 22.7 Å². The first-order chi connectivity index (χ1) is 30.3. The van der Waals surface area contributed by atoms with Crippen molar-refractivity contribution >= 4 is 98.3 Å². The number of carbonyl (C=O) groups excluding carboxylic acids is 2. The Morgan fingerprint density at radius 3 is 1.60 bits per heavy atom. The Balaban J connectivity index is 0.000000149. The molecule has 9 heterocycles. The highest BCUT2D eigenvalue weighted by atomic mass is 32.1. The molecule has 3 fully saturated rings. The maximum Gasteiger partial charge on any atom is 0.345 e. The van der Waals surface area contributed by atoms with Crippen molar-refractivity contribution in [2.45, 2.75) is 6.92 Å². The van der Waals surface area contributed by atoms with Gasteiger partial charge in [-0.2, -0.15) is 0 Å². The minimum absolute atomic E-state index is 0.0708. The summed E-state index contributed by atoms with van der Waals surface area (Å²) in [6.45, 7) is 10.5. The van der Waals surface area contributed by atoms with Gasteiger partial charge in [-0.3, -0.25) is 23.2 Å². The number of carbonyl (C=O) groups is 2. The maximum atomic E-state index is 13.7. The molecule has 0 aliphatic carbocycles. The van der Waals surface area contributed by atoms with Gasteiger partial charge in [0.25, 0.3) is 5.91 Å². The van der Waals surface area contributed by atoms with Crippen molar-refractivity contribution in [3.05, 3.63) is 104 Å². The lowest BCUT2D eigenvalue weighted by atomic mass is 10.1. The molecule has 15 nitrogen and oxygen atoms in total. The van der Waals surface area contributed by atoms with Crippen LogP contribution in [0.15, 0.2) is 82.4 Å². The molecule has 3 aliphatic rings. The number of amides is 1. The zero-order valence-electron chi connectivity index (χ0n) is 34.4. The number of benzene rings is 2. The minimum atomic E-state index is -0.597. The molecule has 8 aromatic rings. The molecule has 0 bridgehead atoms. The topological polar surface area (TPSA) is 144 Å². The van der Waals surface area contributed by atoms with Gasteiger partial charge < -0.3 is 33.8 Å². The number of morpholine rings is 2. The van der Waals surface area contributed by atoms with Crippen LogP contribution in [0.4, 0.5) is 11.6 Å². The largest absolute Gasteiger partial charge is 0.462 e. The van der Waals surface area contributed by atoms with Crippen LogP contribution in [0, 0.1) is 0 Å². The van der Waals surface area contributed by atoms with E-state index in [9.17, 15) is 19.2 Å². The van der Waals surface area contributed by atoms with Crippen LogP contribution < -0.4 is 20.7 Å². The smallest absolute Gasteiger partial charge is 0.345 e. The van der Waals surface area contributed by atoms with Crippen molar-refractivity contribution in [1.82, 2.24) is 28.6 Å². The Morgan fingerprint density at radius 1 is 0.629 bits per heavy atom. The molecular formula is C45H44N8O7S2. The van der Waals surface area contributed by atoms with Gasteiger partial charge in [0.2, 0.25) is 10.9 Å². The first-order valence-electron chi connectivity index (χ1n) is 20.8. The fourth-order valence-corrected chi connectivity index (χ4v) is 10.8. The number of para-hydroxylation sites is 2. The van der Waals surface area contributed by atoms with E-state index in [4.69, 9.17) is 24.2 Å². The second-order valence-corrected chi connectivity index (χ2v) is 17.5.